The van der Waals surface area contributed by atoms with E-state index in [0.717, 1.165) is 29.6 Å². The monoisotopic (exact) mass is 333 g/mol. The third-order valence-corrected chi connectivity index (χ3v) is 5.20. The lowest BCUT2D eigenvalue weighted by molar-refractivity contribution is -0.115. The summed E-state index contributed by atoms with van der Waals surface area (Å²) in [7, 11) is 0. The molecule has 1 fully saturated rings. The lowest BCUT2D eigenvalue weighted by Gasteiger charge is -2.34. The number of anilines is 2. The Balaban J connectivity index is 1.62. The number of fused-ring (bicyclic) bond motifs is 2. The summed E-state index contributed by atoms with van der Waals surface area (Å²) in [5, 5.41) is 4.07. The number of hydrogen-bond donors (Lipinski definition) is 1. The Morgan fingerprint density at radius 2 is 1.96 bits per heavy atom. The standard InChI is InChI=1S/C19H19N5O/c25-17-12-24(14-6-2-3-7-14)18-15(21-17)11-20-19(22-18)23-10-9-13-5-1-4-8-16(13)23/h1,4-5,8-11,14H,2-3,6-7,12H2,(H,21,25). The van der Waals surface area contributed by atoms with E-state index in [9.17, 15) is 4.79 Å². The minimum absolute atomic E-state index is 0.0159. The van der Waals surface area contributed by atoms with Crippen LogP contribution in [0.25, 0.3) is 16.9 Å². The minimum atomic E-state index is 0.0159. The predicted molar refractivity (Wildman–Crippen MR) is 97.1 cm³/mol. The number of nitrogens with zero attached hydrogens (tertiary/aromatic N) is 4. The van der Waals surface area contributed by atoms with Gasteiger partial charge in [-0.05, 0) is 25.0 Å². The van der Waals surface area contributed by atoms with Crippen molar-refractivity contribution in [1.82, 2.24) is 14.5 Å². The van der Waals surface area contributed by atoms with Crippen molar-refractivity contribution < 1.29 is 4.79 Å². The predicted octanol–water partition coefficient (Wildman–Crippen LogP) is 3.12. The summed E-state index contributed by atoms with van der Waals surface area (Å²) in [6, 6.07) is 10.6. The Labute approximate surface area is 145 Å². The highest BCUT2D eigenvalue weighted by Crippen LogP contribution is 2.34. The summed E-state index contributed by atoms with van der Waals surface area (Å²) in [6.45, 7) is 0.376. The first-order chi connectivity index (χ1) is 12.3. The van der Waals surface area contributed by atoms with Crippen molar-refractivity contribution in [2.75, 3.05) is 16.8 Å². The molecule has 0 radical (unpaired) electrons. The topological polar surface area (TPSA) is 63.1 Å². The maximum atomic E-state index is 12.1. The Bertz CT molecular complexity index is 957. The van der Waals surface area contributed by atoms with Crippen LogP contribution in [0.1, 0.15) is 25.7 Å². The largest absolute Gasteiger partial charge is 0.342 e. The highest BCUT2D eigenvalue weighted by Gasteiger charge is 2.31. The molecule has 0 bridgehead atoms. The molecule has 1 aromatic carbocycles. The first-order valence-electron chi connectivity index (χ1n) is 8.79. The van der Waals surface area contributed by atoms with Crippen molar-refractivity contribution in [1.29, 1.82) is 0 Å². The van der Waals surface area contributed by atoms with Gasteiger partial charge in [0.2, 0.25) is 11.9 Å². The second-order valence-corrected chi connectivity index (χ2v) is 6.77. The van der Waals surface area contributed by atoms with Gasteiger partial charge in [-0.15, -0.1) is 0 Å². The minimum Gasteiger partial charge on any atom is -0.342 e. The number of carbonyl (C=O) groups is 1. The van der Waals surface area contributed by atoms with Crippen molar-refractivity contribution in [3.05, 3.63) is 42.7 Å². The summed E-state index contributed by atoms with van der Waals surface area (Å²) in [4.78, 5) is 23.6. The molecular weight excluding hydrogens is 314 g/mol. The molecule has 3 aromatic rings. The number of amides is 1. The first-order valence-corrected chi connectivity index (χ1v) is 8.79. The molecule has 0 spiro atoms. The number of carbonyl (C=O) groups excluding carboxylic acids is 1. The van der Waals surface area contributed by atoms with E-state index in [4.69, 9.17) is 4.98 Å². The number of rotatable bonds is 2. The van der Waals surface area contributed by atoms with Gasteiger partial charge >= 0.3 is 0 Å². The van der Waals surface area contributed by atoms with Crippen LogP contribution < -0.4 is 10.2 Å². The second-order valence-electron chi connectivity index (χ2n) is 6.77. The summed E-state index contributed by atoms with van der Waals surface area (Å²) < 4.78 is 2.00. The van der Waals surface area contributed by atoms with Crippen molar-refractivity contribution in [3.63, 3.8) is 0 Å². The SMILES string of the molecule is O=C1CN(C2CCCC2)c2nc(-n3ccc4ccccc43)ncc2N1. The third-order valence-electron chi connectivity index (χ3n) is 5.20. The number of hydrogen-bond acceptors (Lipinski definition) is 4. The Hall–Kier alpha value is -2.89. The average molecular weight is 333 g/mol. The van der Waals surface area contributed by atoms with Crippen molar-refractivity contribution in [2.45, 2.75) is 31.7 Å². The average Bonchev–Trinajstić information content (AvgIpc) is 3.30. The molecule has 2 aromatic heterocycles. The van der Waals surface area contributed by atoms with E-state index >= 15 is 0 Å². The summed E-state index contributed by atoms with van der Waals surface area (Å²) >= 11 is 0. The number of para-hydroxylation sites is 1. The van der Waals surface area contributed by atoms with Crippen LogP contribution in [0.15, 0.2) is 42.7 Å². The molecule has 126 valence electrons. The number of benzene rings is 1. The van der Waals surface area contributed by atoms with Crippen molar-refractivity contribution >= 4 is 28.3 Å². The molecule has 3 heterocycles. The van der Waals surface area contributed by atoms with E-state index in [0.29, 0.717) is 24.2 Å². The molecule has 1 saturated carbocycles. The highest BCUT2D eigenvalue weighted by molar-refractivity contribution is 6.00. The van der Waals surface area contributed by atoms with Crippen molar-refractivity contribution in [3.8, 4) is 5.95 Å². The molecule has 2 aliphatic rings. The molecule has 6 nitrogen and oxygen atoms in total. The summed E-state index contributed by atoms with van der Waals surface area (Å²) in [6.07, 6.45) is 8.41. The fourth-order valence-electron chi connectivity index (χ4n) is 3.98. The van der Waals surface area contributed by atoms with Gasteiger partial charge in [-0.25, -0.2) is 4.98 Å². The Morgan fingerprint density at radius 3 is 2.84 bits per heavy atom. The van der Waals surface area contributed by atoms with Crippen LogP contribution >= 0.6 is 0 Å². The van der Waals surface area contributed by atoms with E-state index in [1.807, 2.05) is 22.9 Å². The molecule has 0 unspecified atom stereocenters. The molecule has 6 heteroatoms. The molecular formula is C19H19N5O. The van der Waals surface area contributed by atoms with E-state index in [1.54, 1.807) is 6.20 Å². The second kappa shape index (κ2) is 5.58. The summed E-state index contributed by atoms with van der Waals surface area (Å²) in [5.41, 5.74) is 1.79. The Morgan fingerprint density at radius 1 is 1.12 bits per heavy atom. The van der Waals surface area contributed by atoms with Crippen LogP contribution in [-0.4, -0.2) is 33.0 Å². The lowest BCUT2D eigenvalue weighted by atomic mass is 10.2. The fraction of sp³-hybridized carbons (Fsp3) is 0.316. The zero-order valence-electron chi connectivity index (χ0n) is 13.9. The van der Waals surface area contributed by atoms with Gasteiger partial charge in [-0.2, -0.15) is 4.98 Å². The van der Waals surface area contributed by atoms with Gasteiger partial charge < -0.3 is 10.2 Å². The van der Waals surface area contributed by atoms with Gasteiger partial charge in [-0.1, -0.05) is 31.0 Å². The van der Waals surface area contributed by atoms with Gasteiger partial charge in [0.15, 0.2) is 5.82 Å². The molecule has 1 aliphatic carbocycles. The highest BCUT2D eigenvalue weighted by atomic mass is 16.2. The van der Waals surface area contributed by atoms with E-state index < -0.39 is 0 Å². The normalized spacial score (nSPS) is 17.8. The van der Waals surface area contributed by atoms with E-state index in [1.165, 1.54) is 12.8 Å². The smallest absolute Gasteiger partial charge is 0.244 e. The maximum absolute atomic E-state index is 12.1. The van der Waals surface area contributed by atoms with Gasteiger partial charge in [-0.3, -0.25) is 9.36 Å². The zero-order valence-corrected chi connectivity index (χ0v) is 13.9. The quantitative estimate of drug-likeness (QED) is 0.783. The number of aromatic nitrogens is 3. The zero-order chi connectivity index (χ0) is 16.8. The van der Waals surface area contributed by atoms with Crippen LogP contribution in [0.4, 0.5) is 11.5 Å². The van der Waals surface area contributed by atoms with Crippen LogP contribution in [0.3, 0.4) is 0 Å². The van der Waals surface area contributed by atoms with Crippen molar-refractivity contribution in [2.24, 2.45) is 0 Å². The number of nitrogens with one attached hydrogen (secondary N) is 1. The van der Waals surface area contributed by atoms with Crippen LogP contribution in [0.5, 0.6) is 0 Å². The third kappa shape index (κ3) is 2.36. The van der Waals surface area contributed by atoms with Gasteiger partial charge in [0.25, 0.3) is 0 Å². The molecule has 0 atom stereocenters. The molecule has 25 heavy (non-hydrogen) atoms. The van der Waals surface area contributed by atoms with Crippen LogP contribution in [0.2, 0.25) is 0 Å². The molecule has 0 saturated heterocycles. The maximum Gasteiger partial charge on any atom is 0.244 e. The van der Waals surface area contributed by atoms with Crippen LogP contribution in [0, 0.1) is 0 Å². The Kier molecular flexibility index (Phi) is 3.23. The molecule has 1 N–H and O–H groups in total. The first kappa shape index (κ1) is 14.5. The van der Waals surface area contributed by atoms with Crippen LogP contribution in [-0.2, 0) is 4.79 Å². The van der Waals surface area contributed by atoms with Gasteiger partial charge in [0, 0.05) is 17.6 Å². The molecule has 1 aliphatic heterocycles. The summed E-state index contributed by atoms with van der Waals surface area (Å²) in [5.74, 6) is 1.50. The van der Waals surface area contributed by atoms with E-state index in [2.05, 4.69) is 33.4 Å². The molecule has 1 amide bonds. The van der Waals surface area contributed by atoms with Gasteiger partial charge in [0.05, 0.1) is 18.3 Å². The molecule has 5 rings (SSSR count). The fourth-order valence-corrected chi connectivity index (χ4v) is 3.98. The van der Waals surface area contributed by atoms with Gasteiger partial charge in [0.1, 0.15) is 5.69 Å². The lowest BCUT2D eigenvalue weighted by Crippen LogP contribution is -2.44. The van der Waals surface area contributed by atoms with E-state index in [-0.39, 0.29) is 5.91 Å².